The van der Waals surface area contributed by atoms with E-state index in [2.05, 4.69) is 5.32 Å². The lowest BCUT2D eigenvalue weighted by molar-refractivity contribution is -0.123. The normalized spacial score (nSPS) is 11.7. The van der Waals surface area contributed by atoms with E-state index in [0.717, 1.165) is 17.0 Å². The van der Waals surface area contributed by atoms with Gasteiger partial charge >= 0.3 is 0 Å². The largest absolute Gasteiger partial charge is 0.350 e. The van der Waals surface area contributed by atoms with Crippen molar-refractivity contribution < 1.29 is 14.0 Å². The summed E-state index contributed by atoms with van der Waals surface area (Å²) in [6.45, 7) is 10.5. The van der Waals surface area contributed by atoms with Crippen molar-refractivity contribution >= 4 is 11.7 Å². The minimum absolute atomic E-state index is 0.0236. The molecule has 2 aromatic rings. The van der Waals surface area contributed by atoms with Crippen LogP contribution in [-0.2, 0) is 11.3 Å². The van der Waals surface area contributed by atoms with Crippen LogP contribution in [0.15, 0.2) is 30.3 Å². The van der Waals surface area contributed by atoms with E-state index in [4.69, 9.17) is 0 Å². The SMILES string of the molecule is Cc1cc(C(=O)CN(C)CC(=O)NC(C)(C)C)c(C)n1Cc1ccc(F)cc1. The minimum Gasteiger partial charge on any atom is -0.350 e. The number of amides is 1. The first kappa shape index (κ1) is 21.8. The molecule has 0 saturated heterocycles. The average molecular weight is 387 g/mol. The van der Waals surface area contributed by atoms with Crippen molar-refractivity contribution in [3.8, 4) is 0 Å². The topological polar surface area (TPSA) is 54.3 Å². The van der Waals surface area contributed by atoms with Crippen LogP contribution < -0.4 is 5.32 Å². The van der Waals surface area contributed by atoms with E-state index in [0.29, 0.717) is 12.1 Å². The maximum Gasteiger partial charge on any atom is 0.234 e. The smallest absolute Gasteiger partial charge is 0.234 e. The Bertz CT molecular complexity index is 848. The van der Waals surface area contributed by atoms with Crippen LogP contribution in [0.1, 0.15) is 48.1 Å². The molecule has 6 heteroatoms. The average Bonchev–Trinajstić information content (AvgIpc) is 2.83. The van der Waals surface area contributed by atoms with E-state index in [-0.39, 0.29) is 36.1 Å². The van der Waals surface area contributed by atoms with E-state index < -0.39 is 0 Å². The standard InChI is InChI=1S/C22H30FN3O2/c1-15-11-19(16(2)26(15)12-17-7-9-18(23)10-8-17)20(27)13-25(6)14-21(28)24-22(3,4)5/h7-11H,12-14H2,1-6H3,(H,24,28). The summed E-state index contributed by atoms with van der Waals surface area (Å²) in [7, 11) is 1.76. The van der Waals surface area contributed by atoms with Gasteiger partial charge in [-0.3, -0.25) is 14.5 Å². The Morgan fingerprint density at radius 1 is 1.11 bits per heavy atom. The molecule has 0 atom stereocenters. The number of aryl methyl sites for hydroxylation is 1. The second kappa shape index (κ2) is 8.69. The first-order valence-corrected chi connectivity index (χ1v) is 9.40. The molecule has 0 fully saturated rings. The summed E-state index contributed by atoms with van der Waals surface area (Å²) in [4.78, 5) is 26.5. The maximum atomic E-state index is 13.1. The van der Waals surface area contributed by atoms with Gasteiger partial charge in [0.1, 0.15) is 5.82 Å². The third-order valence-corrected chi connectivity index (χ3v) is 4.47. The van der Waals surface area contributed by atoms with Gasteiger partial charge in [0.25, 0.3) is 0 Å². The zero-order valence-electron chi connectivity index (χ0n) is 17.6. The molecule has 1 amide bonds. The molecule has 0 saturated carbocycles. The third kappa shape index (κ3) is 6.02. The lowest BCUT2D eigenvalue weighted by Gasteiger charge is -2.23. The van der Waals surface area contributed by atoms with Crippen LogP contribution in [0.3, 0.4) is 0 Å². The summed E-state index contributed by atoms with van der Waals surface area (Å²) in [5.74, 6) is -0.395. The van der Waals surface area contributed by atoms with Gasteiger partial charge in [-0.25, -0.2) is 4.39 Å². The van der Waals surface area contributed by atoms with Gasteiger partial charge in [-0.2, -0.15) is 0 Å². The molecule has 0 unspecified atom stereocenters. The van der Waals surface area contributed by atoms with Crippen molar-refractivity contribution in [1.82, 2.24) is 14.8 Å². The number of nitrogens with zero attached hydrogens (tertiary/aromatic N) is 2. The molecule has 1 N–H and O–H groups in total. The quantitative estimate of drug-likeness (QED) is 0.742. The molecule has 0 spiro atoms. The molecule has 1 heterocycles. The second-order valence-electron chi connectivity index (χ2n) is 8.39. The van der Waals surface area contributed by atoms with E-state index >= 15 is 0 Å². The van der Waals surface area contributed by atoms with Crippen LogP contribution in [0.2, 0.25) is 0 Å². The van der Waals surface area contributed by atoms with Crippen molar-refractivity contribution in [3.63, 3.8) is 0 Å². The van der Waals surface area contributed by atoms with Crippen molar-refractivity contribution in [1.29, 1.82) is 0 Å². The molecule has 28 heavy (non-hydrogen) atoms. The zero-order valence-corrected chi connectivity index (χ0v) is 17.6. The fourth-order valence-corrected chi connectivity index (χ4v) is 3.19. The van der Waals surface area contributed by atoms with Gasteiger partial charge in [-0.05, 0) is 65.4 Å². The second-order valence-corrected chi connectivity index (χ2v) is 8.39. The zero-order chi connectivity index (χ0) is 21.1. The molecule has 0 aliphatic heterocycles. The Balaban J connectivity index is 2.05. The van der Waals surface area contributed by atoms with Gasteiger partial charge in [0.15, 0.2) is 5.78 Å². The molecule has 1 aromatic heterocycles. The van der Waals surface area contributed by atoms with E-state index in [9.17, 15) is 14.0 Å². The number of benzene rings is 1. The number of carbonyl (C=O) groups is 2. The number of hydrogen-bond donors (Lipinski definition) is 1. The summed E-state index contributed by atoms with van der Waals surface area (Å²) in [6, 6.07) is 8.25. The van der Waals surface area contributed by atoms with Crippen LogP contribution in [0.25, 0.3) is 0 Å². The number of nitrogens with one attached hydrogen (secondary N) is 1. The first-order chi connectivity index (χ1) is 13.0. The Morgan fingerprint density at radius 2 is 1.71 bits per heavy atom. The number of hydrogen-bond acceptors (Lipinski definition) is 3. The van der Waals surface area contributed by atoms with Gasteiger partial charge in [0, 0.05) is 29.0 Å². The lowest BCUT2D eigenvalue weighted by atomic mass is 10.1. The number of rotatable bonds is 7. The van der Waals surface area contributed by atoms with Crippen LogP contribution in [0.5, 0.6) is 0 Å². The van der Waals surface area contributed by atoms with Crippen LogP contribution in [0, 0.1) is 19.7 Å². The minimum atomic E-state index is -0.298. The predicted molar refractivity (Wildman–Crippen MR) is 109 cm³/mol. The summed E-state index contributed by atoms with van der Waals surface area (Å²) < 4.78 is 15.2. The highest BCUT2D eigenvalue weighted by molar-refractivity contribution is 5.99. The van der Waals surface area contributed by atoms with Crippen LogP contribution in [0.4, 0.5) is 4.39 Å². The molecule has 1 aromatic carbocycles. The molecule has 0 bridgehead atoms. The van der Waals surface area contributed by atoms with Gasteiger partial charge in [-0.15, -0.1) is 0 Å². The lowest BCUT2D eigenvalue weighted by Crippen LogP contribution is -2.45. The van der Waals surface area contributed by atoms with Crippen molar-refractivity contribution in [3.05, 3.63) is 58.7 Å². The number of ketones is 1. The fourth-order valence-electron chi connectivity index (χ4n) is 3.19. The summed E-state index contributed by atoms with van der Waals surface area (Å²) >= 11 is 0. The molecule has 5 nitrogen and oxygen atoms in total. The van der Waals surface area contributed by atoms with Crippen LogP contribution >= 0.6 is 0 Å². The molecule has 2 rings (SSSR count). The van der Waals surface area contributed by atoms with E-state index in [1.54, 1.807) is 24.1 Å². The molecule has 0 aliphatic carbocycles. The predicted octanol–water partition coefficient (Wildman–Crippen LogP) is 3.32. The Kier molecular flexibility index (Phi) is 6.77. The number of likely N-dealkylation sites (N-methyl/N-ethyl adjacent to an activating group) is 1. The molecule has 0 radical (unpaired) electrons. The van der Waals surface area contributed by atoms with Crippen molar-refractivity contribution in [2.45, 2.75) is 46.7 Å². The third-order valence-electron chi connectivity index (χ3n) is 4.47. The molecular weight excluding hydrogens is 357 g/mol. The van der Waals surface area contributed by atoms with Crippen molar-refractivity contribution in [2.24, 2.45) is 0 Å². The summed E-state index contributed by atoms with van der Waals surface area (Å²) in [5.41, 5.74) is 3.17. The Hall–Kier alpha value is -2.47. The van der Waals surface area contributed by atoms with Crippen LogP contribution in [-0.4, -0.2) is 46.8 Å². The summed E-state index contributed by atoms with van der Waals surface area (Å²) in [6.07, 6.45) is 0. The Morgan fingerprint density at radius 3 is 2.29 bits per heavy atom. The van der Waals surface area contributed by atoms with Gasteiger partial charge in [-0.1, -0.05) is 12.1 Å². The van der Waals surface area contributed by atoms with Gasteiger partial charge < -0.3 is 9.88 Å². The first-order valence-electron chi connectivity index (χ1n) is 9.40. The highest BCUT2D eigenvalue weighted by Gasteiger charge is 2.20. The van der Waals surface area contributed by atoms with Gasteiger partial charge in [0.2, 0.25) is 5.91 Å². The molecular formula is C22H30FN3O2. The Labute approximate surface area is 166 Å². The molecule has 152 valence electrons. The number of halogens is 1. The summed E-state index contributed by atoms with van der Waals surface area (Å²) in [5, 5.41) is 2.90. The monoisotopic (exact) mass is 387 g/mol. The van der Waals surface area contributed by atoms with Gasteiger partial charge in [0.05, 0.1) is 13.1 Å². The van der Waals surface area contributed by atoms with E-state index in [1.165, 1.54) is 12.1 Å². The number of Topliss-reactive ketones (excluding diaryl/α,β-unsaturated/α-hetero) is 1. The highest BCUT2D eigenvalue weighted by atomic mass is 19.1. The maximum absolute atomic E-state index is 13.1. The number of aromatic nitrogens is 1. The number of carbonyl (C=O) groups excluding carboxylic acids is 2. The van der Waals surface area contributed by atoms with E-state index in [1.807, 2.05) is 45.3 Å². The molecule has 0 aliphatic rings. The van der Waals surface area contributed by atoms with Crippen molar-refractivity contribution in [2.75, 3.05) is 20.1 Å². The highest BCUT2D eigenvalue weighted by Crippen LogP contribution is 2.18. The fraction of sp³-hybridized carbons (Fsp3) is 0.455.